The van der Waals surface area contributed by atoms with Crippen molar-refractivity contribution in [3.8, 4) is 11.3 Å². The van der Waals surface area contributed by atoms with Gasteiger partial charge in [-0.25, -0.2) is 9.97 Å². The first-order valence-electron chi connectivity index (χ1n) is 6.36. The summed E-state index contributed by atoms with van der Waals surface area (Å²) in [6, 6.07) is 5.68. The molecule has 1 heterocycles. The number of hydrogen-bond acceptors (Lipinski definition) is 5. The average Bonchev–Trinajstić information content (AvgIpc) is 2.42. The normalized spacial score (nSPS) is 10.3. The van der Waals surface area contributed by atoms with Gasteiger partial charge in [-0.3, -0.25) is 10.1 Å². The number of nitrogens with one attached hydrogen (secondary N) is 1. The van der Waals surface area contributed by atoms with E-state index in [9.17, 15) is 10.1 Å². The van der Waals surface area contributed by atoms with Crippen molar-refractivity contribution in [1.29, 1.82) is 0 Å². The molecule has 0 saturated heterocycles. The molecular weight excluding hydrogens is 256 g/mol. The molecule has 0 spiro atoms. The first-order chi connectivity index (χ1) is 9.52. The van der Waals surface area contributed by atoms with E-state index in [1.807, 2.05) is 39.0 Å². The highest BCUT2D eigenvalue weighted by Gasteiger charge is 2.19. The maximum Gasteiger partial charge on any atom is 0.313 e. The van der Waals surface area contributed by atoms with E-state index < -0.39 is 4.92 Å². The molecule has 0 amide bonds. The van der Waals surface area contributed by atoms with Gasteiger partial charge >= 0.3 is 5.69 Å². The third-order valence-corrected chi connectivity index (χ3v) is 3.08. The Bertz CT molecular complexity index is 656. The van der Waals surface area contributed by atoms with Crippen LogP contribution in [-0.4, -0.2) is 21.4 Å². The highest BCUT2D eigenvalue weighted by Crippen LogP contribution is 2.29. The average molecular weight is 272 g/mol. The molecule has 104 valence electrons. The Labute approximate surface area is 117 Å². The molecule has 20 heavy (non-hydrogen) atoms. The van der Waals surface area contributed by atoms with E-state index >= 15 is 0 Å². The first-order valence-corrected chi connectivity index (χ1v) is 6.36. The smallest absolute Gasteiger partial charge is 0.313 e. The van der Waals surface area contributed by atoms with Gasteiger partial charge < -0.3 is 5.32 Å². The van der Waals surface area contributed by atoms with Gasteiger partial charge in [0.2, 0.25) is 5.95 Å². The number of aryl methyl sites for hydroxylation is 2. The molecule has 0 bridgehead atoms. The molecule has 1 N–H and O–H groups in total. The maximum atomic E-state index is 11.1. The minimum absolute atomic E-state index is 0.0880. The zero-order valence-electron chi connectivity index (χ0n) is 11.7. The van der Waals surface area contributed by atoms with Crippen molar-refractivity contribution in [2.75, 3.05) is 11.9 Å². The lowest BCUT2D eigenvalue weighted by Crippen LogP contribution is -2.05. The molecule has 1 aromatic heterocycles. The molecule has 0 aliphatic heterocycles. The molecule has 1 aromatic carbocycles. The van der Waals surface area contributed by atoms with Crippen molar-refractivity contribution in [1.82, 2.24) is 9.97 Å². The number of rotatable bonds is 4. The topological polar surface area (TPSA) is 81.0 Å². The van der Waals surface area contributed by atoms with Gasteiger partial charge in [0.15, 0.2) is 5.69 Å². The molecule has 0 unspecified atom stereocenters. The Morgan fingerprint density at radius 2 is 2.05 bits per heavy atom. The Balaban J connectivity index is 2.59. The van der Waals surface area contributed by atoms with E-state index in [4.69, 9.17) is 0 Å². The van der Waals surface area contributed by atoms with Crippen LogP contribution < -0.4 is 5.32 Å². The van der Waals surface area contributed by atoms with Gasteiger partial charge in [0.25, 0.3) is 0 Å². The third-order valence-electron chi connectivity index (χ3n) is 3.08. The van der Waals surface area contributed by atoms with Crippen molar-refractivity contribution in [3.05, 3.63) is 45.6 Å². The summed E-state index contributed by atoms with van der Waals surface area (Å²) in [5.41, 5.74) is 3.18. The number of nitro groups is 1. The molecular formula is C14H16N4O2. The van der Waals surface area contributed by atoms with Gasteiger partial charge in [0, 0.05) is 12.1 Å². The molecule has 0 fully saturated rings. The summed E-state index contributed by atoms with van der Waals surface area (Å²) >= 11 is 0. The van der Waals surface area contributed by atoms with E-state index in [1.165, 1.54) is 6.20 Å². The van der Waals surface area contributed by atoms with Crippen LogP contribution in [0, 0.1) is 24.0 Å². The number of benzene rings is 1. The quantitative estimate of drug-likeness (QED) is 0.683. The summed E-state index contributed by atoms with van der Waals surface area (Å²) < 4.78 is 0. The van der Waals surface area contributed by atoms with Crippen LogP contribution in [0.4, 0.5) is 11.6 Å². The Kier molecular flexibility index (Phi) is 3.93. The zero-order valence-corrected chi connectivity index (χ0v) is 11.7. The number of nitrogens with zero attached hydrogens (tertiary/aromatic N) is 3. The van der Waals surface area contributed by atoms with Crippen LogP contribution in [0.1, 0.15) is 18.1 Å². The highest BCUT2D eigenvalue weighted by molar-refractivity contribution is 5.70. The van der Waals surface area contributed by atoms with Crippen LogP contribution in [-0.2, 0) is 0 Å². The lowest BCUT2D eigenvalue weighted by atomic mass is 10.0. The van der Waals surface area contributed by atoms with Gasteiger partial charge in [-0.05, 0) is 38.0 Å². The van der Waals surface area contributed by atoms with E-state index in [-0.39, 0.29) is 5.69 Å². The predicted molar refractivity (Wildman–Crippen MR) is 77.8 cm³/mol. The Morgan fingerprint density at radius 1 is 1.30 bits per heavy atom. The molecule has 2 aromatic rings. The van der Waals surface area contributed by atoms with Gasteiger partial charge in [-0.15, -0.1) is 0 Å². The van der Waals surface area contributed by atoms with Gasteiger partial charge in [0.1, 0.15) is 6.20 Å². The highest BCUT2D eigenvalue weighted by atomic mass is 16.6. The second kappa shape index (κ2) is 5.64. The van der Waals surface area contributed by atoms with Crippen molar-refractivity contribution >= 4 is 11.6 Å². The van der Waals surface area contributed by atoms with Crippen LogP contribution in [0.15, 0.2) is 24.4 Å². The van der Waals surface area contributed by atoms with E-state index in [2.05, 4.69) is 15.3 Å². The Hall–Kier alpha value is -2.50. The summed E-state index contributed by atoms with van der Waals surface area (Å²) in [4.78, 5) is 18.9. The minimum Gasteiger partial charge on any atom is -0.354 e. The number of aromatic nitrogens is 2. The zero-order chi connectivity index (χ0) is 14.7. The van der Waals surface area contributed by atoms with Gasteiger partial charge in [0.05, 0.1) is 4.92 Å². The van der Waals surface area contributed by atoms with Crippen LogP contribution in [0.5, 0.6) is 0 Å². The van der Waals surface area contributed by atoms with Crippen LogP contribution in [0.3, 0.4) is 0 Å². The van der Waals surface area contributed by atoms with Crippen LogP contribution in [0.2, 0.25) is 0 Å². The summed E-state index contributed by atoms with van der Waals surface area (Å²) in [6.07, 6.45) is 1.25. The van der Waals surface area contributed by atoms with Crippen LogP contribution in [0.25, 0.3) is 11.3 Å². The fourth-order valence-electron chi connectivity index (χ4n) is 1.85. The van der Waals surface area contributed by atoms with Gasteiger partial charge in [-0.1, -0.05) is 12.1 Å². The second-order valence-corrected chi connectivity index (χ2v) is 4.51. The van der Waals surface area contributed by atoms with E-state index in [0.29, 0.717) is 18.2 Å². The Morgan fingerprint density at radius 3 is 2.65 bits per heavy atom. The van der Waals surface area contributed by atoms with Crippen molar-refractivity contribution in [2.45, 2.75) is 20.8 Å². The monoisotopic (exact) mass is 272 g/mol. The van der Waals surface area contributed by atoms with Crippen molar-refractivity contribution in [2.24, 2.45) is 0 Å². The molecule has 0 aliphatic carbocycles. The predicted octanol–water partition coefficient (Wildman–Crippen LogP) is 3.10. The molecule has 2 rings (SSSR count). The van der Waals surface area contributed by atoms with E-state index in [0.717, 1.165) is 16.7 Å². The van der Waals surface area contributed by atoms with Crippen molar-refractivity contribution < 1.29 is 4.92 Å². The molecule has 6 nitrogen and oxygen atoms in total. The lowest BCUT2D eigenvalue weighted by Gasteiger charge is -2.07. The molecule has 0 aliphatic rings. The van der Waals surface area contributed by atoms with E-state index in [1.54, 1.807) is 0 Å². The third kappa shape index (κ3) is 2.74. The fraction of sp³-hybridized carbons (Fsp3) is 0.286. The SMILES string of the molecule is CCNc1ncc([N+](=O)[O-])c(-c2ccc(C)c(C)c2)n1. The summed E-state index contributed by atoms with van der Waals surface area (Å²) in [5, 5.41) is 14.1. The second-order valence-electron chi connectivity index (χ2n) is 4.51. The van der Waals surface area contributed by atoms with Gasteiger partial charge in [-0.2, -0.15) is 0 Å². The molecule has 6 heteroatoms. The summed E-state index contributed by atoms with van der Waals surface area (Å²) in [6.45, 7) is 6.54. The number of anilines is 1. The summed E-state index contributed by atoms with van der Waals surface area (Å²) in [7, 11) is 0. The first kappa shape index (κ1) is 13.9. The molecule has 0 saturated carbocycles. The molecule has 0 radical (unpaired) electrons. The van der Waals surface area contributed by atoms with Crippen LogP contribution >= 0.6 is 0 Å². The summed E-state index contributed by atoms with van der Waals surface area (Å²) in [5.74, 6) is 0.395. The lowest BCUT2D eigenvalue weighted by molar-refractivity contribution is -0.384. The standard InChI is InChI=1S/C14H16N4O2/c1-4-15-14-16-8-12(18(19)20)13(17-14)11-6-5-9(2)10(3)7-11/h5-8H,4H2,1-3H3,(H,15,16,17). The number of hydrogen-bond donors (Lipinski definition) is 1. The van der Waals surface area contributed by atoms with Crippen molar-refractivity contribution in [3.63, 3.8) is 0 Å². The minimum atomic E-state index is -0.458. The maximum absolute atomic E-state index is 11.1. The largest absolute Gasteiger partial charge is 0.354 e. The fourth-order valence-corrected chi connectivity index (χ4v) is 1.85. The molecule has 0 atom stereocenters.